The van der Waals surface area contributed by atoms with Crippen molar-refractivity contribution in [2.24, 2.45) is 5.92 Å². The zero-order valence-corrected chi connectivity index (χ0v) is 16.0. The molecule has 0 saturated carbocycles. The van der Waals surface area contributed by atoms with Crippen molar-refractivity contribution in [2.75, 3.05) is 42.5 Å². The number of anilines is 2. The molecule has 8 heteroatoms. The normalized spacial score (nSPS) is 20.0. The Bertz CT molecular complexity index is 887. The Morgan fingerprint density at radius 3 is 2.61 bits per heavy atom. The van der Waals surface area contributed by atoms with Gasteiger partial charge in [0, 0.05) is 51.0 Å². The molecular weight excluding hydrogens is 383 g/mol. The van der Waals surface area contributed by atoms with Gasteiger partial charge in [-0.2, -0.15) is 0 Å². The molecule has 0 radical (unpaired) electrons. The van der Waals surface area contributed by atoms with Crippen molar-refractivity contribution in [2.45, 2.75) is 6.42 Å². The van der Waals surface area contributed by atoms with Crippen LogP contribution in [0.5, 0.6) is 0 Å². The van der Waals surface area contributed by atoms with E-state index in [9.17, 15) is 14.0 Å². The van der Waals surface area contributed by atoms with Crippen molar-refractivity contribution in [1.82, 2.24) is 9.88 Å². The Morgan fingerprint density at radius 2 is 1.93 bits per heavy atom. The number of hydrogen-bond acceptors (Lipinski definition) is 4. The average molecular weight is 403 g/mol. The van der Waals surface area contributed by atoms with Crippen molar-refractivity contribution in [3.63, 3.8) is 0 Å². The average Bonchev–Trinajstić information content (AvgIpc) is 3.12. The highest BCUT2D eigenvalue weighted by atomic mass is 35.5. The molecule has 146 valence electrons. The maximum atomic E-state index is 13.4. The first-order valence-electron chi connectivity index (χ1n) is 9.23. The van der Waals surface area contributed by atoms with E-state index in [4.69, 9.17) is 11.6 Å². The van der Waals surface area contributed by atoms with E-state index >= 15 is 0 Å². The Morgan fingerprint density at radius 1 is 1.14 bits per heavy atom. The number of pyridine rings is 1. The predicted molar refractivity (Wildman–Crippen MR) is 105 cm³/mol. The van der Waals surface area contributed by atoms with Gasteiger partial charge in [0.15, 0.2) is 0 Å². The molecule has 0 spiro atoms. The summed E-state index contributed by atoms with van der Waals surface area (Å²) < 4.78 is 13.4. The van der Waals surface area contributed by atoms with Crippen LogP contribution in [0.15, 0.2) is 42.6 Å². The minimum absolute atomic E-state index is 0.00951. The Hall–Kier alpha value is -2.67. The molecular formula is C20H20ClFN4O2. The molecule has 3 heterocycles. The van der Waals surface area contributed by atoms with Gasteiger partial charge >= 0.3 is 0 Å². The first-order chi connectivity index (χ1) is 13.5. The number of hydrogen-bond donors (Lipinski definition) is 0. The molecule has 4 rings (SSSR count). The molecule has 6 nitrogen and oxygen atoms in total. The van der Waals surface area contributed by atoms with Gasteiger partial charge in [-0.3, -0.25) is 9.59 Å². The number of nitrogens with zero attached hydrogens (tertiary/aromatic N) is 4. The van der Waals surface area contributed by atoms with Crippen molar-refractivity contribution >= 4 is 34.9 Å². The maximum Gasteiger partial charge on any atom is 0.228 e. The molecule has 0 bridgehead atoms. The number of carbonyl (C=O) groups excluding carboxylic acids is 2. The van der Waals surface area contributed by atoms with E-state index in [-0.39, 0.29) is 23.3 Å². The summed E-state index contributed by atoms with van der Waals surface area (Å²) in [4.78, 5) is 35.2. The van der Waals surface area contributed by atoms with Gasteiger partial charge < -0.3 is 14.7 Å². The summed E-state index contributed by atoms with van der Waals surface area (Å²) in [7, 11) is 0. The Balaban J connectivity index is 1.38. The molecule has 2 aliphatic rings. The molecule has 2 amide bonds. The summed E-state index contributed by atoms with van der Waals surface area (Å²) in [6.45, 7) is 2.91. The molecule has 1 aromatic heterocycles. The second-order valence-electron chi connectivity index (χ2n) is 7.00. The first-order valence-corrected chi connectivity index (χ1v) is 9.61. The number of carbonyl (C=O) groups is 2. The van der Waals surface area contributed by atoms with Crippen LogP contribution in [-0.2, 0) is 9.59 Å². The Kier molecular flexibility index (Phi) is 5.17. The van der Waals surface area contributed by atoms with E-state index in [1.54, 1.807) is 6.20 Å². The lowest BCUT2D eigenvalue weighted by atomic mass is 10.1. The van der Waals surface area contributed by atoms with E-state index in [2.05, 4.69) is 9.88 Å². The SMILES string of the molecule is O=C([C@H]1CC(=O)N(c2ccc(F)c(Cl)c2)C1)N1CCN(c2ccccn2)CC1. The monoisotopic (exact) mass is 402 g/mol. The topological polar surface area (TPSA) is 56.8 Å². The van der Waals surface area contributed by atoms with Gasteiger partial charge in [-0.05, 0) is 30.3 Å². The maximum absolute atomic E-state index is 13.4. The van der Waals surface area contributed by atoms with Gasteiger partial charge in [-0.15, -0.1) is 0 Å². The molecule has 0 N–H and O–H groups in total. The third-order valence-corrected chi connectivity index (χ3v) is 5.54. The fraction of sp³-hybridized carbons (Fsp3) is 0.350. The largest absolute Gasteiger partial charge is 0.353 e. The van der Waals surface area contributed by atoms with Crippen LogP contribution in [0.1, 0.15) is 6.42 Å². The van der Waals surface area contributed by atoms with Crippen LogP contribution >= 0.6 is 11.6 Å². The standard InChI is InChI=1S/C20H20ClFN4O2/c21-16-12-15(4-5-17(16)22)26-13-14(11-19(26)27)20(28)25-9-7-24(8-10-25)18-3-1-2-6-23-18/h1-6,12,14H,7-11,13H2/t14-/m0/s1. The summed E-state index contributed by atoms with van der Waals surface area (Å²) >= 11 is 5.83. The molecule has 0 unspecified atom stereocenters. The number of halogens is 2. The van der Waals surface area contributed by atoms with Crippen LogP contribution in [0.3, 0.4) is 0 Å². The second-order valence-corrected chi connectivity index (χ2v) is 7.41. The van der Waals surface area contributed by atoms with Gasteiger partial charge in [-0.1, -0.05) is 17.7 Å². The fourth-order valence-corrected chi connectivity index (χ4v) is 3.91. The van der Waals surface area contributed by atoms with Crippen molar-refractivity contribution in [3.05, 3.63) is 53.4 Å². The van der Waals surface area contributed by atoms with Crippen molar-refractivity contribution < 1.29 is 14.0 Å². The number of amides is 2. The molecule has 28 heavy (non-hydrogen) atoms. The minimum Gasteiger partial charge on any atom is -0.353 e. The highest BCUT2D eigenvalue weighted by Crippen LogP contribution is 2.29. The molecule has 1 atom stereocenters. The highest BCUT2D eigenvalue weighted by Gasteiger charge is 2.38. The van der Waals surface area contributed by atoms with Crippen LogP contribution in [0.4, 0.5) is 15.9 Å². The van der Waals surface area contributed by atoms with Crippen LogP contribution in [0, 0.1) is 11.7 Å². The lowest BCUT2D eigenvalue weighted by Gasteiger charge is -2.36. The van der Waals surface area contributed by atoms with Crippen LogP contribution in [0.2, 0.25) is 5.02 Å². The number of benzene rings is 1. The van der Waals surface area contributed by atoms with Gasteiger partial charge in [0.1, 0.15) is 11.6 Å². The van der Waals surface area contributed by atoms with Gasteiger partial charge in [0.2, 0.25) is 11.8 Å². The number of piperazine rings is 1. The summed E-state index contributed by atoms with van der Waals surface area (Å²) in [6.07, 6.45) is 1.92. The van der Waals surface area contributed by atoms with E-state index in [1.165, 1.54) is 23.1 Å². The molecule has 2 fully saturated rings. The lowest BCUT2D eigenvalue weighted by molar-refractivity contribution is -0.136. The third kappa shape index (κ3) is 3.67. The molecule has 2 saturated heterocycles. The highest BCUT2D eigenvalue weighted by molar-refractivity contribution is 6.31. The van der Waals surface area contributed by atoms with E-state index in [0.29, 0.717) is 38.4 Å². The first kappa shape index (κ1) is 18.7. The minimum atomic E-state index is -0.532. The molecule has 2 aliphatic heterocycles. The lowest BCUT2D eigenvalue weighted by Crippen LogP contribution is -2.51. The summed E-state index contributed by atoms with van der Waals surface area (Å²) in [5.41, 5.74) is 0.520. The van der Waals surface area contributed by atoms with Crippen LogP contribution in [-0.4, -0.2) is 54.4 Å². The van der Waals surface area contributed by atoms with Crippen molar-refractivity contribution in [3.8, 4) is 0 Å². The number of aromatic nitrogens is 1. The zero-order chi connectivity index (χ0) is 19.7. The zero-order valence-electron chi connectivity index (χ0n) is 15.2. The molecule has 2 aromatic rings. The van der Waals surface area contributed by atoms with Crippen molar-refractivity contribution in [1.29, 1.82) is 0 Å². The molecule has 0 aliphatic carbocycles. The van der Waals surface area contributed by atoms with E-state index in [1.807, 2.05) is 23.1 Å². The quantitative estimate of drug-likeness (QED) is 0.791. The Labute approximate surface area is 167 Å². The van der Waals surface area contributed by atoms with E-state index in [0.717, 1.165) is 5.82 Å². The third-order valence-electron chi connectivity index (χ3n) is 5.25. The van der Waals surface area contributed by atoms with E-state index < -0.39 is 11.7 Å². The predicted octanol–water partition coefficient (Wildman–Crippen LogP) is 2.58. The smallest absolute Gasteiger partial charge is 0.228 e. The van der Waals surface area contributed by atoms with Crippen LogP contribution < -0.4 is 9.80 Å². The summed E-state index contributed by atoms with van der Waals surface area (Å²) in [5.74, 6) is -0.170. The summed E-state index contributed by atoms with van der Waals surface area (Å²) in [5, 5.41) is -0.0364. The number of rotatable bonds is 3. The fourth-order valence-electron chi connectivity index (χ4n) is 3.73. The summed E-state index contributed by atoms with van der Waals surface area (Å²) in [6, 6.07) is 9.95. The molecule has 1 aromatic carbocycles. The van der Waals surface area contributed by atoms with Gasteiger partial charge in [-0.25, -0.2) is 9.37 Å². The van der Waals surface area contributed by atoms with Gasteiger partial charge in [0.25, 0.3) is 0 Å². The van der Waals surface area contributed by atoms with Crippen LogP contribution in [0.25, 0.3) is 0 Å². The van der Waals surface area contributed by atoms with Gasteiger partial charge in [0.05, 0.1) is 10.9 Å². The second kappa shape index (κ2) is 7.75.